The van der Waals surface area contributed by atoms with Gasteiger partial charge in [-0.1, -0.05) is 54.6 Å². The summed E-state index contributed by atoms with van der Waals surface area (Å²) in [6, 6.07) is 24.7. The number of rotatable bonds is 6. The number of benzene rings is 3. The van der Waals surface area contributed by atoms with Crippen LogP contribution in [0, 0.1) is 0 Å². The van der Waals surface area contributed by atoms with Gasteiger partial charge in [-0.2, -0.15) is 0 Å². The monoisotopic (exact) mass is 411 g/mol. The summed E-state index contributed by atoms with van der Waals surface area (Å²) in [4.78, 5) is 17.3. The lowest BCUT2D eigenvalue weighted by atomic mass is 10.1. The number of hydrogen-bond donors (Lipinski definition) is 1. The first-order valence-electron chi connectivity index (χ1n) is 10.1. The molecule has 0 spiro atoms. The molecule has 6 nitrogen and oxygen atoms in total. The first-order chi connectivity index (χ1) is 15.2. The number of imidazole rings is 1. The highest BCUT2D eigenvalue weighted by Crippen LogP contribution is 2.22. The van der Waals surface area contributed by atoms with Gasteiger partial charge in [-0.3, -0.25) is 13.8 Å². The summed E-state index contributed by atoms with van der Waals surface area (Å²) < 4.78 is 9.31. The number of hydrogen-bond acceptors (Lipinski definition) is 4. The average molecular weight is 411 g/mol. The first kappa shape index (κ1) is 19.1. The minimum atomic E-state index is -0.877. The summed E-state index contributed by atoms with van der Waals surface area (Å²) in [6.45, 7) is 0.558. The van der Waals surface area contributed by atoms with Crippen molar-refractivity contribution in [2.24, 2.45) is 0 Å². The van der Waals surface area contributed by atoms with Crippen molar-refractivity contribution in [1.82, 2.24) is 14.0 Å². The van der Waals surface area contributed by atoms with Gasteiger partial charge in [0.25, 0.3) is 5.56 Å². The zero-order valence-electron chi connectivity index (χ0n) is 16.8. The maximum atomic E-state index is 13.1. The molecule has 0 bridgehead atoms. The number of para-hydroxylation sites is 1. The zero-order chi connectivity index (χ0) is 21.2. The third-order valence-corrected chi connectivity index (χ3v) is 5.38. The predicted octanol–water partition coefficient (Wildman–Crippen LogP) is 3.96. The summed E-state index contributed by atoms with van der Waals surface area (Å²) in [5.74, 6) is 0.667. The Morgan fingerprint density at radius 3 is 2.65 bits per heavy atom. The number of nitrogens with zero attached hydrogens (tertiary/aromatic N) is 3. The molecule has 0 saturated heterocycles. The van der Waals surface area contributed by atoms with E-state index in [9.17, 15) is 9.90 Å². The van der Waals surface area contributed by atoms with Crippen LogP contribution in [-0.4, -0.2) is 19.1 Å². The van der Waals surface area contributed by atoms with E-state index in [1.54, 1.807) is 23.2 Å². The fourth-order valence-corrected chi connectivity index (χ4v) is 3.79. The Bertz CT molecular complexity index is 1410. The Kier molecular flexibility index (Phi) is 4.98. The van der Waals surface area contributed by atoms with Gasteiger partial charge in [-0.15, -0.1) is 0 Å². The number of fused-ring (bicyclic) bond motifs is 3. The molecule has 1 unspecified atom stereocenters. The Morgan fingerprint density at radius 1 is 0.968 bits per heavy atom. The molecule has 0 amide bonds. The Balaban J connectivity index is 1.43. The quantitative estimate of drug-likeness (QED) is 0.459. The molecule has 0 saturated carbocycles. The molecule has 0 radical (unpaired) electrons. The molecular formula is C25H21N3O3. The highest BCUT2D eigenvalue weighted by atomic mass is 16.5. The lowest BCUT2D eigenvalue weighted by Gasteiger charge is -2.16. The molecule has 5 rings (SSSR count). The van der Waals surface area contributed by atoms with E-state index in [2.05, 4.69) is 4.98 Å². The van der Waals surface area contributed by atoms with Crippen LogP contribution in [0.4, 0.5) is 0 Å². The standard InChI is InChI=1S/C25H21N3O3/c29-23(19-9-6-10-20(13-19)31-16-18-7-2-1-3-8-18)15-27-24-14-26-17-28(24)22-12-5-4-11-21(22)25(27)30/h1-14,17,23,29H,15-16H2. The summed E-state index contributed by atoms with van der Waals surface area (Å²) in [6.07, 6.45) is 2.44. The number of aromatic nitrogens is 3. The van der Waals surface area contributed by atoms with E-state index in [4.69, 9.17) is 4.74 Å². The van der Waals surface area contributed by atoms with Crippen LogP contribution >= 0.6 is 0 Å². The molecule has 1 atom stereocenters. The second-order valence-electron chi connectivity index (χ2n) is 7.42. The van der Waals surface area contributed by atoms with Crippen LogP contribution < -0.4 is 10.3 Å². The van der Waals surface area contributed by atoms with E-state index in [0.29, 0.717) is 29.0 Å². The molecule has 3 aromatic carbocycles. The molecule has 6 heteroatoms. The molecule has 154 valence electrons. The summed E-state index contributed by atoms with van der Waals surface area (Å²) in [5, 5.41) is 11.5. The van der Waals surface area contributed by atoms with Gasteiger partial charge in [0, 0.05) is 0 Å². The lowest BCUT2D eigenvalue weighted by Crippen LogP contribution is -2.25. The smallest absolute Gasteiger partial charge is 0.261 e. The molecule has 5 aromatic rings. The maximum absolute atomic E-state index is 13.1. The van der Waals surface area contributed by atoms with Crippen LogP contribution in [0.2, 0.25) is 0 Å². The van der Waals surface area contributed by atoms with Crippen LogP contribution in [0.3, 0.4) is 0 Å². The largest absolute Gasteiger partial charge is 0.489 e. The van der Waals surface area contributed by atoms with E-state index in [-0.39, 0.29) is 12.1 Å². The van der Waals surface area contributed by atoms with Crippen LogP contribution in [0.15, 0.2) is 96.2 Å². The second-order valence-corrected chi connectivity index (χ2v) is 7.42. The molecule has 31 heavy (non-hydrogen) atoms. The maximum Gasteiger partial charge on any atom is 0.261 e. The van der Waals surface area contributed by atoms with Gasteiger partial charge in [-0.25, -0.2) is 4.98 Å². The Labute approximate surface area is 178 Å². The molecule has 0 aliphatic carbocycles. The van der Waals surface area contributed by atoms with Crippen molar-refractivity contribution in [3.8, 4) is 5.75 Å². The van der Waals surface area contributed by atoms with Crippen molar-refractivity contribution in [2.45, 2.75) is 19.3 Å². The lowest BCUT2D eigenvalue weighted by molar-refractivity contribution is 0.156. The normalized spacial score (nSPS) is 12.3. The second kappa shape index (κ2) is 8.08. The van der Waals surface area contributed by atoms with Crippen molar-refractivity contribution in [3.63, 3.8) is 0 Å². The van der Waals surface area contributed by atoms with Gasteiger partial charge in [0.15, 0.2) is 0 Å². The molecule has 0 fully saturated rings. The highest BCUT2D eigenvalue weighted by Gasteiger charge is 2.16. The fraction of sp³-hybridized carbons (Fsp3) is 0.120. The van der Waals surface area contributed by atoms with Crippen LogP contribution in [0.25, 0.3) is 16.6 Å². The SMILES string of the molecule is O=c1c2ccccc2n2cncc2n1CC(O)c1cccc(OCc2ccccc2)c1. The van der Waals surface area contributed by atoms with Gasteiger partial charge in [0.2, 0.25) is 0 Å². The van der Waals surface area contributed by atoms with Gasteiger partial charge >= 0.3 is 0 Å². The molecule has 0 aliphatic heterocycles. The first-order valence-corrected chi connectivity index (χ1v) is 10.1. The van der Waals surface area contributed by atoms with E-state index < -0.39 is 6.10 Å². The number of ether oxygens (including phenoxy) is 1. The van der Waals surface area contributed by atoms with E-state index >= 15 is 0 Å². The van der Waals surface area contributed by atoms with Crippen molar-refractivity contribution in [2.75, 3.05) is 0 Å². The molecule has 2 aromatic heterocycles. The number of aliphatic hydroxyl groups is 1. The van der Waals surface area contributed by atoms with Gasteiger partial charge in [0.05, 0.1) is 29.7 Å². The molecule has 1 N–H and O–H groups in total. The van der Waals surface area contributed by atoms with Gasteiger partial charge < -0.3 is 9.84 Å². The third kappa shape index (κ3) is 3.69. The minimum absolute atomic E-state index is 0.112. The number of aliphatic hydroxyl groups excluding tert-OH is 1. The summed E-state index contributed by atoms with van der Waals surface area (Å²) in [7, 11) is 0. The highest BCUT2D eigenvalue weighted by molar-refractivity contribution is 5.80. The van der Waals surface area contributed by atoms with Crippen molar-refractivity contribution >= 4 is 16.6 Å². The molecule has 2 heterocycles. The summed E-state index contributed by atoms with van der Waals surface area (Å²) >= 11 is 0. The summed E-state index contributed by atoms with van der Waals surface area (Å²) in [5.41, 5.74) is 3.03. The van der Waals surface area contributed by atoms with Crippen molar-refractivity contribution in [3.05, 3.63) is 113 Å². The van der Waals surface area contributed by atoms with Crippen molar-refractivity contribution in [1.29, 1.82) is 0 Å². The van der Waals surface area contributed by atoms with E-state index in [0.717, 1.165) is 11.1 Å². The van der Waals surface area contributed by atoms with Crippen LogP contribution in [0.5, 0.6) is 5.75 Å². The zero-order valence-corrected chi connectivity index (χ0v) is 16.8. The van der Waals surface area contributed by atoms with Gasteiger partial charge in [0.1, 0.15) is 24.3 Å². The van der Waals surface area contributed by atoms with Crippen LogP contribution in [0.1, 0.15) is 17.2 Å². The third-order valence-electron chi connectivity index (χ3n) is 5.38. The topological polar surface area (TPSA) is 68.8 Å². The van der Waals surface area contributed by atoms with E-state index in [1.807, 2.05) is 77.2 Å². The fourth-order valence-electron chi connectivity index (χ4n) is 3.79. The van der Waals surface area contributed by atoms with Crippen LogP contribution in [-0.2, 0) is 13.2 Å². The van der Waals surface area contributed by atoms with Crippen molar-refractivity contribution < 1.29 is 9.84 Å². The average Bonchev–Trinajstić information content (AvgIpc) is 3.31. The molecular weight excluding hydrogens is 390 g/mol. The minimum Gasteiger partial charge on any atom is -0.489 e. The Morgan fingerprint density at radius 2 is 1.77 bits per heavy atom. The van der Waals surface area contributed by atoms with Gasteiger partial charge in [-0.05, 0) is 35.4 Å². The Hall–Kier alpha value is -3.90. The van der Waals surface area contributed by atoms with E-state index in [1.165, 1.54) is 0 Å². The predicted molar refractivity (Wildman–Crippen MR) is 119 cm³/mol. The molecule has 0 aliphatic rings.